The first kappa shape index (κ1) is 12.5. The molecule has 0 aliphatic carbocycles. The molecule has 0 fully saturated rings. The van der Waals surface area contributed by atoms with Crippen LogP contribution < -0.4 is 11.1 Å². The number of H-pyrrole nitrogens is 1. The molecule has 0 radical (unpaired) electrons. The van der Waals surface area contributed by atoms with Crippen molar-refractivity contribution < 1.29 is 9.53 Å². The second-order valence-corrected chi connectivity index (χ2v) is 3.29. The van der Waals surface area contributed by atoms with Crippen LogP contribution in [0.25, 0.3) is 0 Å². The minimum atomic E-state index is -0.526. The van der Waals surface area contributed by atoms with Crippen molar-refractivity contribution in [3.05, 3.63) is 5.82 Å². The third-order valence-electron chi connectivity index (χ3n) is 2.01. The highest BCUT2D eigenvalue weighted by molar-refractivity contribution is 5.81. The van der Waals surface area contributed by atoms with Crippen molar-refractivity contribution in [3.8, 4) is 0 Å². The maximum Gasteiger partial charge on any atom is 0.237 e. The van der Waals surface area contributed by atoms with Crippen LogP contribution in [0, 0.1) is 0 Å². The summed E-state index contributed by atoms with van der Waals surface area (Å²) in [6.45, 7) is 0.832. The molecule has 0 bridgehead atoms. The third kappa shape index (κ3) is 4.32. The lowest BCUT2D eigenvalue weighted by atomic mass is 10.1. The number of aromatic nitrogens is 4. The van der Waals surface area contributed by atoms with E-state index in [2.05, 4.69) is 25.9 Å². The normalized spacial score (nSPS) is 12.4. The summed E-state index contributed by atoms with van der Waals surface area (Å²) in [5.41, 5.74) is 5.67. The molecule has 1 aromatic rings. The number of nitrogens with zero attached hydrogens (tertiary/aromatic N) is 3. The van der Waals surface area contributed by atoms with Gasteiger partial charge in [-0.3, -0.25) is 4.79 Å². The summed E-state index contributed by atoms with van der Waals surface area (Å²) in [7, 11) is 1.61. The number of carbonyl (C=O) groups excluding carboxylic acids is 1. The van der Waals surface area contributed by atoms with Gasteiger partial charge < -0.3 is 15.8 Å². The highest BCUT2D eigenvalue weighted by atomic mass is 16.5. The third-order valence-corrected chi connectivity index (χ3v) is 2.01. The van der Waals surface area contributed by atoms with Crippen LogP contribution in [-0.4, -0.2) is 46.3 Å². The molecular formula is C8H16N6O2. The van der Waals surface area contributed by atoms with Gasteiger partial charge in [0, 0.05) is 13.7 Å². The average Bonchev–Trinajstić information content (AvgIpc) is 2.79. The number of amides is 1. The minimum absolute atomic E-state index is 0.221. The van der Waals surface area contributed by atoms with E-state index in [0.29, 0.717) is 18.9 Å². The van der Waals surface area contributed by atoms with Crippen molar-refractivity contribution in [2.75, 3.05) is 13.7 Å². The average molecular weight is 228 g/mol. The molecule has 0 aliphatic rings. The topological polar surface area (TPSA) is 119 Å². The summed E-state index contributed by atoms with van der Waals surface area (Å²) >= 11 is 0. The van der Waals surface area contributed by atoms with Gasteiger partial charge in [0.25, 0.3) is 0 Å². The van der Waals surface area contributed by atoms with E-state index in [0.717, 1.165) is 6.42 Å². The number of nitrogens with one attached hydrogen (secondary N) is 2. The first-order valence-electron chi connectivity index (χ1n) is 4.98. The van der Waals surface area contributed by atoms with Gasteiger partial charge in [-0.05, 0) is 12.8 Å². The Kier molecular flexibility index (Phi) is 5.37. The summed E-state index contributed by atoms with van der Waals surface area (Å²) < 4.78 is 4.87. The minimum Gasteiger partial charge on any atom is -0.385 e. The Hall–Kier alpha value is -1.54. The van der Waals surface area contributed by atoms with Gasteiger partial charge in [-0.15, -0.1) is 10.2 Å². The molecule has 1 aromatic heterocycles. The van der Waals surface area contributed by atoms with Crippen LogP contribution in [0.3, 0.4) is 0 Å². The number of carbonyl (C=O) groups is 1. The van der Waals surface area contributed by atoms with Crippen LogP contribution >= 0.6 is 0 Å². The number of methoxy groups -OCH3 is 1. The van der Waals surface area contributed by atoms with Gasteiger partial charge in [0.15, 0.2) is 5.82 Å². The monoisotopic (exact) mass is 228 g/mol. The summed E-state index contributed by atoms with van der Waals surface area (Å²) in [6, 6.07) is -0.526. The summed E-state index contributed by atoms with van der Waals surface area (Å²) in [4.78, 5) is 11.5. The fourth-order valence-electron chi connectivity index (χ4n) is 1.13. The van der Waals surface area contributed by atoms with E-state index >= 15 is 0 Å². The van der Waals surface area contributed by atoms with Crippen LogP contribution in [-0.2, 0) is 16.1 Å². The van der Waals surface area contributed by atoms with Crippen LogP contribution in [0.1, 0.15) is 18.7 Å². The number of aromatic amines is 1. The van der Waals surface area contributed by atoms with Gasteiger partial charge in [-0.1, -0.05) is 5.21 Å². The number of nitrogens with two attached hydrogens (primary N) is 1. The standard InChI is InChI=1S/C8H16N6O2/c1-16-4-2-3-6(9)8(15)10-5-7-11-13-14-12-7/h6H,2-5,9H2,1H3,(H,10,15)(H,11,12,13,14). The Balaban J connectivity index is 2.18. The van der Waals surface area contributed by atoms with Crippen molar-refractivity contribution in [1.82, 2.24) is 25.9 Å². The molecule has 0 aliphatic heterocycles. The molecule has 16 heavy (non-hydrogen) atoms. The van der Waals surface area contributed by atoms with E-state index < -0.39 is 6.04 Å². The van der Waals surface area contributed by atoms with Gasteiger partial charge in [0.2, 0.25) is 5.91 Å². The number of hydrogen-bond acceptors (Lipinski definition) is 6. The van der Waals surface area contributed by atoms with Crippen LogP contribution in [0.4, 0.5) is 0 Å². The lowest BCUT2D eigenvalue weighted by Gasteiger charge is -2.10. The van der Waals surface area contributed by atoms with Crippen molar-refractivity contribution in [1.29, 1.82) is 0 Å². The Labute approximate surface area is 92.9 Å². The Morgan fingerprint density at radius 2 is 2.50 bits per heavy atom. The van der Waals surface area contributed by atoms with Crippen molar-refractivity contribution in [3.63, 3.8) is 0 Å². The smallest absolute Gasteiger partial charge is 0.237 e. The molecule has 0 saturated carbocycles. The molecule has 8 heteroatoms. The first-order valence-corrected chi connectivity index (χ1v) is 4.98. The fraction of sp³-hybridized carbons (Fsp3) is 0.750. The molecule has 1 unspecified atom stereocenters. The molecule has 8 nitrogen and oxygen atoms in total. The zero-order valence-corrected chi connectivity index (χ0v) is 9.14. The summed E-state index contributed by atoms with van der Waals surface area (Å²) in [5.74, 6) is 0.207. The maximum atomic E-state index is 11.5. The van der Waals surface area contributed by atoms with Crippen molar-refractivity contribution in [2.24, 2.45) is 5.73 Å². The van der Waals surface area contributed by atoms with Gasteiger partial charge in [0.1, 0.15) is 0 Å². The zero-order chi connectivity index (χ0) is 11.8. The van der Waals surface area contributed by atoms with Crippen molar-refractivity contribution in [2.45, 2.75) is 25.4 Å². The van der Waals surface area contributed by atoms with E-state index in [-0.39, 0.29) is 12.5 Å². The molecule has 1 amide bonds. The predicted octanol–water partition coefficient (Wildman–Crippen LogP) is -1.43. The largest absolute Gasteiger partial charge is 0.385 e. The highest BCUT2D eigenvalue weighted by Crippen LogP contribution is 1.95. The number of tetrazole rings is 1. The first-order chi connectivity index (χ1) is 7.74. The molecule has 4 N–H and O–H groups in total. The summed E-state index contributed by atoms with van der Waals surface area (Å²) in [5, 5.41) is 15.7. The Morgan fingerprint density at radius 3 is 3.12 bits per heavy atom. The van der Waals surface area contributed by atoms with E-state index in [1.807, 2.05) is 0 Å². The highest BCUT2D eigenvalue weighted by Gasteiger charge is 2.13. The maximum absolute atomic E-state index is 11.5. The molecule has 1 rings (SSSR count). The second kappa shape index (κ2) is 6.85. The van der Waals surface area contributed by atoms with Gasteiger partial charge >= 0.3 is 0 Å². The molecule has 0 aromatic carbocycles. The molecule has 0 saturated heterocycles. The van der Waals surface area contributed by atoms with E-state index in [9.17, 15) is 4.79 Å². The molecule has 1 atom stereocenters. The molecule has 90 valence electrons. The van der Waals surface area contributed by atoms with E-state index in [1.54, 1.807) is 7.11 Å². The quantitative estimate of drug-likeness (QED) is 0.492. The van der Waals surface area contributed by atoms with E-state index in [1.165, 1.54) is 0 Å². The Bertz CT molecular complexity index is 301. The molecule has 0 spiro atoms. The van der Waals surface area contributed by atoms with Crippen LogP contribution in [0.2, 0.25) is 0 Å². The van der Waals surface area contributed by atoms with Crippen LogP contribution in [0.5, 0.6) is 0 Å². The fourth-order valence-corrected chi connectivity index (χ4v) is 1.13. The Morgan fingerprint density at radius 1 is 1.69 bits per heavy atom. The van der Waals surface area contributed by atoms with Gasteiger partial charge in [-0.2, -0.15) is 5.21 Å². The van der Waals surface area contributed by atoms with Gasteiger partial charge in [0.05, 0.1) is 12.6 Å². The predicted molar refractivity (Wildman–Crippen MR) is 55.1 cm³/mol. The summed E-state index contributed by atoms with van der Waals surface area (Å²) in [6.07, 6.45) is 1.35. The lowest BCUT2D eigenvalue weighted by molar-refractivity contribution is -0.122. The van der Waals surface area contributed by atoms with E-state index in [4.69, 9.17) is 10.5 Å². The molecular weight excluding hydrogens is 212 g/mol. The number of rotatable bonds is 7. The SMILES string of the molecule is COCCCC(N)C(=O)NCc1nn[nH]n1. The van der Waals surface area contributed by atoms with Crippen LogP contribution in [0.15, 0.2) is 0 Å². The second-order valence-electron chi connectivity index (χ2n) is 3.29. The van der Waals surface area contributed by atoms with Gasteiger partial charge in [-0.25, -0.2) is 0 Å². The number of ether oxygens (including phenoxy) is 1. The zero-order valence-electron chi connectivity index (χ0n) is 9.14. The lowest BCUT2D eigenvalue weighted by Crippen LogP contribution is -2.40. The molecule has 1 heterocycles. The van der Waals surface area contributed by atoms with Crippen molar-refractivity contribution >= 4 is 5.91 Å². The number of hydrogen-bond donors (Lipinski definition) is 3.